The second kappa shape index (κ2) is 1.82. The maximum Gasteiger partial charge on any atom is 0.347 e. The highest BCUT2D eigenvalue weighted by Crippen LogP contribution is 2.34. The SMILES string of the molecule is [2H][N+]([2H])([2H])C[P+]([O-])(O)O. The van der Waals surface area contributed by atoms with Crippen LogP contribution in [0.4, 0.5) is 0 Å². The van der Waals surface area contributed by atoms with Gasteiger partial charge in [0.15, 0.2) is 0 Å². The molecule has 5 heteroatoms. The van der Waals surface area contributed by atoms with Crippen molar-refractivity contribution in [1.82, 2.24) is 0 Å². The van der Waals surface area contributed by atoms with Crippen LogP contribution in [-0.2, 0) is 0 Å². The lowest BCUT2D eigenvalue weighted by atomic mass is 11.6. The molecule has 0 aliphatic carbocycles. The fourth-order valence-electron chi connectivity index (χ4n) is 0. The summed E-state index contributed by atoms with van der Waals surface area (Å²) in [5, 5.41) is 0. The molecule has 0 aliphatic heterocycles. The van der Waals surface area contributed by atoms with Crippen LogP contribution in [0.5, 0.6) is 0 Å². The van der Waals surface area contributed by atoms with Crippen LogP contribution in [0.2, 0.25) is 4.24 Å². The van der Waals surface area contributed by atoms with Gasteiger partial charge in [-0.3, -0.25) is 0 Å². The molecular formula is CH7NO3P+. The smallest absolute Gasteiger partial charge is 0.347 e. The fraction of sp³-hybridized carbons (Fsp3) is 1.00. The molecule has 0 saturated carbocycles. The Balaban J connectivity index is 3.75. The van der Waals surface area contributed by atoms with E-state index in [2.05, 4.69) is 0 Å². The first-order chi connectivity index (χ1) is 3.71. The molecule has 0 bridgehead atoms. The topological polar surface area (TPSA) is 91.2 Å². The zero-order valence-corrected chi connectivity index (χ0v) is 3.80. The van der Waals surface area contributed by atoms with Crippen LogP contribution in [0.1, 0.15) is 0 Å². The van der Waals surface area contributed by atoms with Crippen LogP contribution in [0.15, 0.2) is 0 Å². The van der Waals surface area contributed by atoms with Crippen molar-refractivity contribution in [3.05, 3.63) is 0 Å². The Morgan fingerprint density at radius 3 is 2.50 bits per heavy atom. The van der Waals surface area contributed by atoms with Gasteiger partial charge in [-0.1, -0.05) is 0 Å². The summed E-state index contributed by atoms with van der Waals surface area (Å²) in [6, 6.07) is 0. The average molecular weight is 115 g/mol. The Morgan fingerprint density at radius 2 is 2.50 bits per heavy atom. The van der Waals surface area contributed by atoms with E-state index >= 15 is 0 Å². The maximum atomic E-state index is 9.97. The van der Waals surface area contributed by atoms with E-state index in [9.17, 15) is 4.89 Å². The molecule has 6 heavy (non-hydrogen) atoms. The molecule has 38 valence electrons. The Bertz CT molecular complexity index is 84.2. The summed E-state index contributed by atoms with van der Waals surface area (Å²) in [6.45, 7) is 0. The third-order valence-electron chi connectivity index (χ3n) is 0.184. The minimum atomic E-state index is -4.38. The Hall–Kier alpha value is 0.270. The quantitative estimate of drug-likeness (QED) is 0.342. The van der Waals surface area contributed by atoms with E-state index in [4.69, 9.17) is 14.0 Å². The molecule has 0 rings (SSSR count). The zero-order valence-electron chi connectivity index (χ0n) is 5.90. The Labute approximate surface area is 40.2 Å². The Kier molecular flexibility index (Phi) is 0.771. The van der Waals surface area contributed by atoms with Crippen molar-refractivity contribution >= 4 is 7.94 Å². The van der Waals surface area contributed by atoms with Crippen molar-refractivity contribution in [2.75, 3.05) is 6.29 Å². The number of rotatable bonds is 2. The summed E-state index contributed by atoms with van der Waals surface area (Å²) in [5.74, 6) is 0. The second-order valence-electron chi connectivity index (χ2n) is 0.806. The normalized spacial score (nSPS) is 21.5. The number of hydrogen-bond donors (Lipinski definition) is 3. The summed E-state index contributed by atoms with van der Waals surface area (Å²) in [7, 11) is -4.38. The first-order valence-electron chi connectivity index (χ1n) is 2.56. The van der Waals surface area contributed by atoms with Crippen molar-refractivity contribution in [2.45, 2.75) is 0 Å². The predicted octanol–water partition coefficient (Wildman–Crippen LogP) is -2.71. The van der Waals surface area contributed by atoms with Crippen LogP contribution in [0.25, 0.3) is 0 Å². The molecule has 0 unspecified atom stereocenters. The molecule has 0 spiro atoms. The molecule has 5 N–H and O–H groups in total. The van der Waals surface area contributed by atoms with Crippen LogP contribution in [0.3, 0.4) is 0 Å². The first-order valence-corrected chi connectivity index (χ1v) is 3.01. The van der Waals surface area contributed by atoms with Crippen molar-refractivity contribution in [2.24, 2.45) is 0 Å². The zero-order chi connectivity index (χ0) is 7.71. The van der Waals surface area contributed by atoms with E-state index in [0.29, 0.717) is 0 Å². The lowest BCUT2D eigenvalue weighted by Crippen LogP contribution is -2.52. The molecule has 0 amide bonds. The van der Waals surface area contributed by atoms with E-state index in [1.807, 2.05) is 0 Å². The van der Waals surface area contributed by atoms with Gasteiger partial charge in [0.25, 0.3) is 7.94 Å². The largest absolute Gasteiger partial charge is 0.627 e. The van der Waals surface area contributed by atoms with Gasteiger partial charge in [-0.05, 0) is 0 Å². The van der Waals surface area contributed by atoms with Gasteiger partial charge in [-0.2, -0.15) is 0 Å². The molecule has 0 aromatic heterocycles. The van der Waals surface area contributed by atoms with Gasteiger partial charge in [-0.15, -0.1) is 0 Å². The van der Waals surface area contributed by atoms with Gasteiger partial charge in [-0.25, -0.2) is 9.79 Å². The van der Waals surface area contributed by atoms with Crippen molar-refractivity contribution in [1.29, 1.82) is 0 Å². The minimum Gasteiger partial charge on any atom is -0.627 e. The van der Waals surface area contributed by atoms with Crippen LogP contribution < -0.4 is 10.6 Å². The van der Waals surface area contributed by atoms with E-state index in [1.165, 1.54) is 0 Å². The minimum absolute atomic E-state index is 1.10. The van der Waals surface area contributed by atoms with Crippen molar-refractivity contribution < 1.29 is 24.6 Å². The standard InChI is InChI=1S/CH6NO3P/c2-1-6(3,4)5/h1-2H2,(H2,3,4,5)/p+1/i/hD3. The molecule has 0 aromatic rings. The molecule has 0 atom stereocenters. The van der Waals surface area contributed by atoms with E-state index < -0.39 is 19.9 Å². The lowest BCUT2D eigenvalue weighted by molar-refractivity contribution is -0.362. The van der Waals surface area contributed by atoms with E-state index in [-0.39, 0.29) is 0 Å². The molecular weight excluding hydrogens is 105 g/mol. The van der Waals surface area contributed by atoms with Gasteiger partial charge < -0.3 is 10.6 Å². The van der Waals surface area contributed by atoms with Crippen LogP contribution >= 0.6 is 7.94 Å². The average Bonchev–Trinajstić information content (AvgIpc) is 1.14. The van der Waals surface area contributed by atoms with E-state index in [1.54, 1.807) is 0 Å². The van der Waals surface area contributed by atoms with Gasteiger partial charge in [0.1, 0.15) is 0 Å². The summed E-state index contributed by atoms with van der Waals surface area (Å²) in [5.41, 5.74) is -1.95. The Morgan fingerprint density at radius 1 is 2.00 bits per heavy atom. The third kappa shape index (κ3) is 4.27. The third-order valence-corrected chi connectivity index (χ3v) is 0.553. The number of hydrogen-bond acceptors (Lipinski definition) is 3. The van der Waals surface area contributed by atoms with Crippen molar-refractivity contribution in [3.63, 3.8) is 0 Å². The molecule has 0 aliphatic rings. The highest BCUT2D eigenvalue weighted by atomic mass is 31.2. The fourth-order valence-corrected chi connectivity index (χ4v) is 0. The molecule has 4 nitrogen and oxygen atoms in total. The highest BCUT2D eigenvalue weighted by molar-refractivity contribution is 7.56. The monoisotopic (exact) mass is 115 g/mol. The predicted molar refractivity (Wildman–Crippen MR) is 19.1 cm³/mol. The van der Waals surface area contributed by atoms with Gasteiger partial charge in [0, 0.05) is 0 Å². The molecule has 0 aromatic carbocycles. The molecule has 0 fully saturated rings. The molecule has 0 saturated heterocycles. The highest BCUT2D eigenvalue weighted by Gasteiger charge is 2.15. The summed E-state index contributed by atoms with van der Waals surface area (Å²) < 4.78 is 19.1. The van der Waals surface area contributed by atoms with Gasteiger partial charge in [0.2, 0.25) is 6.29 Å². The van der Waals surface area contributed by atoms with E-state index in [0.717, 1.165) is 0 Å². The summed E-state index contributed by atoms with van der Waals surface area (Å²) >= 11 is 0. The first kappa shape index (κ1) is 2.55. The summed E-state index contributed by atoms with van der Waals surface area (Å²) in [4.78, 5) is 26.1. The van der Waals surface area contributed by atoms with Gasteiger partial charge >= 0.3 is 4.24 Å². The van der Waals surface area contributed by atoms with Crippen molar-refractivity contribution in [3.8, 4) is 0 Å². The van der Waals surface area contributed by atoms with Gasteiger partial charge in [0.05, 0.1) is 0 Å². The maximum absolute atomic E-state index is 9.97. The lowest BCUT2D eigenvalue weighted by Gasteiger charge is -2.07. The second-order valence-corrected chi connectivity index (χ2v) is 2.42. The molecule has 0 heterocycles. The number of quaternary nitrogens is 1. The summed E-state index contributed by atoms with van der Waals surface area (Å²) in [6.07, 6.45) is -1.10. The van der Waals surface area contributed by atoms with Crippen LogP contribution in [-0.4, -0.2) is 16.1 Å². The molecule has 0 radical (unpaired) electrons. The van der Waals surface area contributed by atoms with Crippen LogP contribution in [0, 0.1) is 0 Å².